The first-order valence-corrected chi connectivity index (χ1v) is 7.80. The summed E-state index contributed by atoms with van der Waals surface area (Å²) in [4.78, 5) is 9.05. The lowest BCUT2D eigenvalue weighted by molar-refractivity contribution is -0.00458. The van der Waals surface area contributed by atoms with Gasteiger partial charge in [0.2, 0.25) is 0 Å². The number of ether oxygens (including phenoxy) is 1. The Morgan fingerprint density at radius 1 is 1.24 bits per heavy atom. The molecule has 1 aliphatic rings. The molecule has 0 radical (unpaired) electrons. The van der Waals surface area contributed by atoms with Crippen LogP contribution in [0.3, 0.4) is 0 Å². The quantitative estimate of drug-likeness (QED) is 0.866. The van der Waals surface area contributed by atoms with Crippen molar-refractivity contribution in [1.29, 1.82) is 0 Å². The summed E-state index contributed by atoms with van der Waals surface area (Å²) in [6, 6.07) is 3.84. The second-order valence-corrected chi connectivity index (χ2v) is 5.75. The molecule has 1 aromatic rings. The Morgan fingerprint density at radius 3 is 2.48 bits per heavy atom. The highest BCUT2D eigenvalue weighted by atomic mass is 16.5. The fourth-order valence-corrected chi connectivity index (χ4v) is 2.72. The zero-order chi connectivity index (χ0) is 15.3. The van der Waals surface area contributed by atoms with E-state index in [0.29, 0.717) is 0 Å². The van der Waals surface area contributed by atoms with Crippen molar-refractivity contribution in [3.63, 3.8) is 0 Å². The lowest BCUT2D eigenvalue weighted by Gasteiger charge is -2.39. The molecule has 5 heteroatoms. The molecule has 0 unspecified atom stereocenters. The molecule has 0 aromatic carbocycles. The normalized spacial score (nSPS) is 17.0. The summed E-state index contributed by atoms with van der Waals surface area (Å²) in [5, 5.41) is 10.4. The predicted octanol–water partition coefficient (Wildman–Crippen LogP) is 1.76. The molecule has 0 spiro atoms. The number of pyridine rings is 1. The van der Waals surface area contributed by atoms with Crippen LogP contribution in [0.5, 0.6) is 5.75 Å². The van der Waals surface area contributed by atoms with Crippen LogP contribution in [0.2, 0.25) is 0 Å². The van der Waals surface area contributed by atoms with E-state index >= 15 is 0 Å². The van der Waals surface area contributed by atoms with Crippen LogP contribution in [-0.4, -0.2) is 60.4 Å². The van der Waals surface area contributed by atoms with Gasteiger partial charge in [0, 0.05) is 45.0 Å². The van der Waals surface area contributed by atoms with Gasteiger partial charge in [-0.2, -0.15) is 0 Å². The second kappa shape index (κ2) is 7.09. The number of rotatable bonds is 6. The van der Waals surface area contributed by atoms with E-state index in [1.807, 2.05) is 12.1 Å². The molecule has 2 heterocycles. The number of anilines is 1. The molecular weight excluding hydrogens is 266 g/mol. The van der Waals surface area contributed by atoms with Crippen LogP contribution in [0.25, 0.3) is 0 Å². The average Bonchev–Trinajstić information content (AvgIpc) is 2.55. The standard InChI is InChI=1S/C16H27N3O2/c1-4-16(20,5-2)13-18-8-10-19(11-9-18)15-12-14(21-3)6-7-17-15/h6-7,12,20H,4-5,8-11,13H2,1-3H3. The Kier molecular flexibility index (Phi) is 5.42. The van der Waals surface area contributed by atoms with Crippen molar-refractivity contribution in [1.82, 2.24) is 9.88 Å². The minimum atomic E-state index is -0.545. The van der Waals surface area contributed by atoms with E-state index in [4.69, 9.17) is 4.74 Å². The molecule has 0 amide bonds. The molecule has 0 saturated carbocycles. The van der Waals surface area contributed by atoms with E-state index in [1.165, 1.54) is 0 Å². The average molecular weight is 293 g/mol. The summed E-state index contributed by atoms with van der Waals surface area (Å²) < 4.78 is 5.25. The highest BCUT2D eigenvalue weighted by Gasteiger charge is 2.28. The first kappa shape index (κ1) is 16.0. The molecule has 0 atom stereocenters. The number of hydrogen-bond acceptors (Lipinski definition) is 5. The first-order valence-electron chi connectivity index (χ1n) is 7.80. The molecule has 1 N–H and O–H groups in total. The summed E-state index contributed by atoms with van der Waals surface area (Å²) in [6.45, 7) is 8.66. The van der Waals surface area contributed by atoms with Gasteiger partial charge in [0.25, 0.3) is 0 Å². The van der Waals surface area contributed by atoms with Crippen LogP contribution in [0.4, 0.5) is 5.82 Å². The maximum atomic E-state index is 10.4. The molecule has 0 aliphatic carbocycles. The van der Waals surface area contributed by atoms with E-state index in [9.17, 15) is 5.11 Å². The van der Waals surface area contributed by atoms with Gasteiger partial charge in [0.05, 0.1) is 12.7 Å². The lowest BCUT2D eigenvalue weighted by Crippen LogP contribution is -2.52. The fourth-order valence-electron chi connectivity index (χ4n) is 2.72. The minimum absolute atomic E-state index is 0.545. The number of β-amino-alcohol motifs (C(OH)–C–C–N with tert-alkyl or cyclic N) is 1. The third kappa shape index (κ3) is 4.08. The minimum Gasteiger partial charge on any atom is -0.497 e. The Bertz CT molecular complexity index is 441. The van der Waals surface area contributed by atoms with E-state index in [-0.39, 0.29) is 0 Å². The molecule has 2 rings (SSSR count). The van der Waals surface area contributed by atoms with Crippen molar-refractivity contribution >= 4 is 5.82 Å². The Morgan fingerprint density at radius 2 is 1.90 bits per heavy atom. The maximum absolute atomic E-state index is 10.4. The van der Waals surface area contributed by atoms with E-state index < -0.39 is 5.60 Å². The zero-order valence-electron chi connectivity index (χ0n) is 13.4. The van der Waals surface area contributed by atoms with Crippen LogP contribution in [0, 0.1) is 0 Å². The summed E-state index contributed by atoms with van der Waals surface area (Å²) in [5.74, 6) is 1.81. The lowest BCUT2D eigenvalue weighted by atomic mass is 9.96. The topological polar surface area (TPSA) is 48.8 Å². The third-order valence-corrected chi connectivity index (χ3v) is 4.48. The Hall–Kier alpha value is -1.33. The van der Waals surface area contributed by atoms with Gasteiger partial charge >= 0.3 is 0 Å². The summed E-state index contributed by atoms with van der Waals surface area (Å²) in [5.41, 5.74) is -0.545. The number of piperazine rings is 1. The van der Waals surface area contributed by atoms with Crippen molar-refractivity contribution in [2.45, 2.75) is 32.3 Å². The smallest absolute Gasteiger partial charge is 0.132 e. The van der Waals surface area contributed by atoms with Gasteiger partial charge in [0.15, 0.2) is 0 Å². The van der Waals surface area contributed by atoms with Gasteiger partial charge < -0.3 is 14.7 Å². The van der Waals surface area contributed by atoms with Crippen molar-refractivity contribution in [2.24, 2.45) is 0 Å². The largest absolute Gasteiger partial charge is 0.497 e. The molecular formula is C16H27N3O2. The molecule has 5 nitrogen and oxygen atoms in total. The Balaban J connectivity index is 1.91. The summed E-state index contributed by atoms with van der Waals surface area (Å²) >= 11 is 0. The molecule has 118 valence electrons. The van der Waals surface area contributed by atoms with Crippen LogP contribution in [0.15, 0.2) is 18.3 Å². The second-order valence-electron chi connectivity index (χ2n) is 5.75. The highest BCUT2D eigenvalue weighted by molar-refractivity contribution is 5.44. The SMILES string of the molecule is CCC(O)(CC)CN1CCN(c2cc(OC)ccn2)CC1. The van der Waals surface area contributed by atoms with E-state index in [1.54, 1.807) is 13.3 Å². The first-order chi connectivity index (χ1) is 10.1. The molecule has 1 saturated heterocycles. The van der Waals surface area contributed by atoms with Gasteiger partial charge in [-0.25, -0.2) is 4.98 Å². The zero-order valence-corrected chi connectivity index (χ0v) is 13.4. The Labute approximate surface area is 127 Å². The fraction of sp³-hybridized carbons (Fsp3) is 0.688. The maximum Gasteiger partial charge on any atom is 0.132 e. The molecule has 1 aromatic heterocycles. The number of methoxy groups -OCH3 is 1. The summed E-state index contributed by atoms with van der Waals surface area (Å²) in [7, 11) is 1.67. The monoisotopic (exact) mass is 293 g/mol. The van der Waals surface area contributed by atoms with Crippen LogP contribution in [-0.2, 0) is 0 Å². The molecule has 1 fully saturated rings. The van der Waals surface area contributed by atoms with E-state index in [2.05, 4.69) is 28.6 Å². The highest BCUT2D eigenvalue weighted by Crippen LogP contribution is 2.21. The third-order valence-electron chi connectivity index (χ3n) is 4.48. The number of aromatic nitrogens is 1. The van der Waals surface area contributed by atoms with Crippen molar-refractivity contribution in [2.75, 3.05) is 44.7 Å². The van der Waals surface area contributed by atoms with Gasteiger partial charge in [-0.15, -0.1) is 0 Å². The van der Waals surface area contributed by atoms with Crippen LogP contribution >= 0.6 is 0 Å². The van der Waals surface area contributed by atoms with Crippen LogP contribution in [0.1, 0.15) is 26.7 Å². The predicted molar refractivity (Wildman–Crippen MR) is 85.0 cm³/mol. The number of nitrogens with zero attached hydrogens (tertiary/aromatic N) is 3. The molecule has 1 aliphatic heterocycles. The van der Waals surface area contributed by atoms with Gasteiger partial charge in [-0.05, 0) is 18.9 Å². The molecule has 21 heavy (non-hydrogen) atoms. The van der Waals surface area contributed by atoms with Gasteiger partial charge in [-0.1, -0.05) is 13.8 Å². The summed E-state index contributed by atoms with van der Waals surface area (Å²) in [6.07, 6.45) is 3.40. The van der Waals surface area contributed by atoms with Crippen molar-refractivity contribution < 1.29 is 9.84 Å². The van der Waals surface area contributed by atoms with Crippen LogP contribution < -0.4 is 9.64 Å². The van der Waals surface area contributed by atoms with E-state index in [0.717, 1.165) is 57.1 Å². The van der Waals surface area contributed by atoms with Crippen molar-refractivity contribution in [3.05, 3.63) is 18.3 Å². The number of aliphatic hydroxyl groups is 1. The van der Waals surface area contributed by atoms with Gasteiger partial charge in [0.1, 0.15) is 11.6 Å². The molecule has 0 bridgehead atoms. The number of hydrogen-bond donors (Lipinski definition) is 1. The van der Waals surface area contributed by atoms with Gasteiger partial charge in [-0.3, -0.25) is 4.90 Å². The van der Waals surface area contributed by atoms with Crippen molar-refractivity contribution in [3.8, 4) is 5.75 Å².